The maximum Gasteiger partial charge on any atom is 0.323 e. The number of carbonyl (C=O) groups is 2. The van der Waals surface area contributed by atoms with Crippen LogP contribution in [0.1, 0.15) is 33.1 Å². The monoisotopic (exact) mass is 290 g/mol. The van der Waals surface area contributed by atoms with E-state index in [1.807, 2.05) is 12.1 Å². The van der Waals surface area contributed by atoms with E-state index in [1.54, 1.807) is 13.8 Å². The molecule has 0 N–H and O–H groups in total. The molecule has 1 atom stereocenters. The van der Waals surface area contributed by atoms with E-state index in [4.69, 9.17) is 20.0 Å². The zero-order chi connectivity index (χ0) is 15.9. The predicted molar refractivity (Wildman–Crippen MR) is 72.3 cm³/mol. The fourth-order valence-corrected chi connectivity index (χ4v) is 2.61. The fraction of sp³-hybridized carbons (Fsp3) is 0.600. The van der Waals surface area contributed by atoms with Gasteiger partial charge in [-0.25, -0.2) is 0 Å². The van der Waals surface area contributed by atoms with Gasteiger partial charge in [-0.05, 0) is 32.6 Å². The first-order chi connectivity index (χ1) is 10.1. The van der Waals surface area contributed by atoms with Crippen LogP contribution in [0.3, 0.4) is 0 Å². The molecule has 112 valence electrons. The zero-order valence-corrected chi connectivity index (χ0v) is 12.2. The van der Waals surface area contributed by atoms with Crippen LogP contribution in [0.25, 0.3) is 0 Å². The van der Waals surface area contributed by atoms with Crippen molar-refractivity contribution in [2.24, 2.45) is 11.3 Å². The Labute approximate surface area is 123 Å². The van der Waals surface area contributed by atoms with Gasteiger partial charge in [-0.2, -0.15) is 10.5 Å². The molecule has 6 heteroatoms. The summed E-state index contributed by atoms with van der Waals surface area (Å²) in [4.78, 5) is 24.5. The average Bonchev–Trinajstić information content (AvgIpc) is 2.81. The highest BCUT2D eigenvalue weighted by Gasteiger charge is 2.55. The molecule has 1 aliphatic carbocycles. The first-order valence-electron chi connectivity index (χ1n) is 6.85. The third-order valence-corrected chi connectivity index (χ3v) is 3.55. The largest absolute Gasteiger partial charge is 0.465 e. The quantitative estimate of drug-likeness (QED) is 0.435. The van der Waals surface area contributed by atoms with E-state index in [9.17, 15) is 9.59 Å². The second-order valence-electron chi connectivity index (χ2n) is 4.81. The minimum absolute atomic E-state index is 0.0740. The van der Waals surface area contributed by atoms with Gasteiger partial charge >= 0.3 is 11.9 Å². The lowest BCUT2D eigenvalue weighted by atomic mass is 9.85. The Hall–Kier alpha value is -2.34. The average molecular weight is 290 g/mol. The summed E-state index contributed by atoms with van der Waals surface area (Å²) in [6, 6.07) is 3.93. The summed E-state index contributed by atoms with van der Waals surface area (Å²) in [5, 5.41) is 17.7. The summed E-state index contributed by atoms with van der Waals surface area (Å²) in [7, 11) is 0. The topological polar surface area (TPSA) is 100 Å². The molecule has 0 saturated heterocycles. The number of hydrogen-bond acceptors (Lipinski definition) is 6. The van der Waals surface area contributed by atoms with Crippen molar-refractivity contribution in [3.8, 4) is 12.1 Å². The summed E-state index contributed by atoms with van der Waals surface area (Å²) in [6.07, 6.45) is 1.67. The van der Waals surface area contributed by atoms with Gasteiger partial charge in [0.05, 0.1) is 25.4 Å². The maximum atomic E-state index is 12.3. The molecular weight excluding hydrogens is 272 g/mol. The molecule has 0 radical (unpaired) electrons. The Morgan fingerprint density at radius 1 is 1.29 bits per heavy atom. The summed E-state index contributed by atoms with van der Waals surface area (Å²) in [6.45, 7) is 3.62. The normalized spacial score (nSPS) is 21.3. The van der Waals surface area contributed by atoms with E-state index in [-0.39, 0.29) is 38.4 Å². The molecule has 0 bridgehead atoms. The molecule has 0 spiro atoms. The van der Waals surface area contributed by atoms with Crippen molar-refractivity contribution in [2.75, 3.05) is 13.2 Å². The number of esters is 2. The molecule has 21 heavy (non-hydrogen) atoms. The van der Waals surface area contributed by atoms with Crippen LogP contribution in [0.5, 0.6) is 0 Å². The van der Waals surface area contributed by atoms with Crippen LogP contribution in [-0.2, 0) is 19.1 Å². The molecule has 0 aromatic carbocycles. The van der Waals surface area contributed by atoms with Crippen molar-refractivity contribution in [1.82, 2.24) is 0 Å². The van der Waals surface area contributed by atoms with Gasteiger partial charge in [0.1, 0.15) is 0 Å². The SMILES string of the molecule is CCOC(=O)C1(C(=O)OCC)C/C(=C/C#N)C(CC#N)C1. The Kier molecular flexibility index (Phi) is 5.92. The van der Waals surface area contributed by atoms with Crippen LogP contribution in [-0.4, -0.2) is 25.2 Å². The second kappa shape index (κ2) is 7.44. The molecule has 0 heterocycles. The molecular formula is C15H18N2O4. The second-order valence-corrected chi connectivity index (χ2v) is 4.81. The van der Waals surface area contributed by atoms with E-state index in [2.05, 4.69) is 0 Å². The first kappa shape index (κ1) is 16.7. The third-order valence-electron chi connectivity index (χ3n) is 3.55. The molecule has 0 aromatic heterocycles. The van der Waals surface area contributed by atoms with Crippen molar-refractivity contribution >= 4 is 11.9 Å². The molecule has 1 aliphatic rings. The van der Waals surface area contributed by atoms with Crippen LogP contribution in [0.15, 0.2) is 11.6 Å². The zero-order valence-electron chi connectivity index (χ0n) is 12.2. The molecule has 0 amide bonds. The number of ether oxygens (including phenoxy) is 2. The third kappa shape index (κ3) is 3.41. The highest BCUT2D eigenvalue weighted by molar-refractivity contribution is 6.01. The summed E-state index contributed by atoms with van der Waals surface area (Å²) in [5.41, 5.74) is -0.809. The van der Waals surface area contributed by atoms with Crippen LogP contribution in [0.2, 0.25) is 0 Å². The number of rotatable bonds is 5. The van der Waals surface area contributed by atoms with E-state index >= 15 is 0 Å². The lowest BCUT2D eigenvalue weighted by Gasteiger charge is -2.24. The lowest BCUT2D eigenvalue weighted by Crippen LogP contribution is -2.40. The van der Waals surface area contributed by atoms with Gasteiger partial charge < -0.3 is 9.47 Å². The molecule has 0 aromatic rings. The predicted octanol–water partition coefficient (Wildman–Crippen LogP) is 1.87. The molecule has 1 rings (SSSR count). The number of nitrogens with zero attached hydrogens (tertiary/aromatic N) is 2. The molecule has 1 unspecified atom stereocenters. The first-order valence-corrected chi connectivity index (χ1v) is 6.85. The van der Waals surface area contributed by atoms with Gasteiger partial charge in [0.25, 0.3) is 0 Å². The van der Waals surface area contributed by atoms with Crippen molar-refractivity contribution in [2.45, 2.75) is 33.1 Å². The van der Waals surface area contributed by atoms with Gasteiger partial charge in [-0.15, -0.1) is 0 Å². The summed E-state index contributed by atoms with van der Waals surface area (Å²) >= 11 is 0. The van der Waals surface area contributed by atoms with Gasteiger partial charge in [-0.1, -0.05) is 5.57 Å². The minimum Gasteiger partial charge on any atom is -0.465 e. The van der Waals surface area contributed by atoms with Gasteiger partial charge in [-0.3, -0.25) is 9.59 Å². The Balaban J connectivity index is 3.18. The molecule has 6 nitrogen and oxygen atoms in total. The fourth-order valence-electron chi connectivity index (χ4n) is 2.61. The standard InChI is InChI=1S/C15H18N2O4/c1-3-20-13(18)15(14(19)21-4-2)9-11(5-7-16)12(10-15)6-8-17/h5,12H,3-4,6,9-10H2,1-2H3/b11-5-. The highest BCUT2D eigenvalue weighted by Crippen LogP contribution is 2.48. The summed E-state index contributed by atoms with van der Waals surface area (Å²) in [5.74, 6) is -1.59. The van der Waals surface area contributed by atoms with E-state index in [0.717, 1.165) is 0 Å². The number of hydrogen-bond donors (Lipinski definition) is 0. The van der Waals surface area contributed by atoms with E-state index in [0.29, 0.717) is 5.57 Å². The molecule has 0 aliphatic heterocycles. The minimum atomic E-state index is -1.43. The van der Waals surface area contributed by atoms with Crippen molar-refractivity contribution in [1.29, 1.82) is 10.5 Å². The number of carbonyl (C=O) groups excluding carboxylic acids is 2. The van der Waals surface area contributed by atoms with Crippen LogP contribution in [0, 0.1) is 34.0 Å². The van der Waals surface area contributed by atoms with E-state index < -0.39 is 17.4 Å². The smallest absolute Gasteiger partial charge is 0.323 e. The Morgan fingerprint density at radius 2 is 1.86 bits per heavy atom. The Bertz CT molecular complexity index is 507. The van der Waals surface area contributed by atoms with E-state index in [1.165, 1.54) is 6.08 Å². The van der Waals surface area contributed by atoms with Crippen molar-refractivity contribution < 1.29 is 19.1 Å². The van der Waals surface area contributed by atoms with Gasteiger partial charge in [0.15, 0.2) is 5.41 Å². The van der Waals surface area contributed by atoms with Crippen LogP contribution in [0.4, 0.5) is 0 Å². The van der Waals surface area contributed by atoms with Crippen molar-refractivity contribution in [3.05, 3.63) is 11.6 Å². The highest BCUT2D eigenvalue weighted by atomic mass is 16.6. The van der Waals surface area contributed by atoms with Gasteiger partial charge in [0, 0.05) is 12.5 Å². The van der Waals surface area contributed by atoms with Crippen molar-refractivity contribution in [3.63, 3.8) is 0 Å². The molecule has 1 fully saturated rings. The van der Waals surface area contributed by atoms with Crippen LogP contribution < -0.4 is 0 Å². The number of nitriles is 2. The Morgan fingerprint density at radius 3 is 2.29 bits per heavy atom. The lowest BCUT2D eigenvalue weighted by molar-refractivity contribution is -0.171. The molecule has 1 saturated carbocycles. The summed E-state index contributed by atoms with van der Waals surface area (Å²) < 4.78 is 10.0. The van der Waals surface area contributed by atoms with Crippen LogP contribution >= 0.6 is 0 Å². The van der Waals surface area contributed by atoms with Gasteiger partial charge in [0.2, 0.25) is 0 Å². The number of allylic oxidation sites excluding steroid dienone is 2. The maximum absolute atomic E-state index is 12.3.